The molecule has 0 bridgehead atoms. The quantitative estimate of drug-likeness (QED) is 0.895. The maximum absolute atomic E-state index is 12.9. The number of amides is 1. The molecule has 0 saturated heterocycles. The standard InChI is InChI=1S/C16H22N2O2/c1-15(2)10-18(13-7-5-4-6-12(13)15)14(19)16(20-3)8-11(17)9-16/h4-7,11H,8-10,17H2,1-3H3. The van der Waals surface area contributed by atoms with E-state index in [1.165, 1.54) is 5.56 Å². The predicted molar refractivity (Wildman–Crippen MR) is 78.8 cm³/mol. The number of carbonyl (C=O) groups is 1. The fraction of sp³-hybridized carbons (Fsp3) is 0.562. The average Bonchev–Trinajstić information content (AvgIpc) is 2.67. The summed E-state index contributed by atoms with van der Waals surface area (Å²) in [6, 6.07) is 8.20. The van der Waals surface area contributed by atoms with Crippen LogP contribution in [0, 0.1) is 0 Å². The number of anilines is 1. The highest BCUT2D eigenvalue weighted by Crippen LogP contribution is 2.44. The van der Waals surface area contributed by atoms with E-state index in [0.29, 0.717) is 19.4 Å². The molecule has 1 heterocycles. The smallest absolute Gasteiger partial charge is 0.259 e. The van der Waals surface area contributed by atoms with E-state index < -0.39 is 5.60 Å². The van der Waals surface area contributed by atoms with Crippen molar-refractivity contribution < 1.29 is 9.53 Å². The summed E-state index contributed by atoms with van der Waals surface area (Å²) >= 11 is 0. The van der Waals surface area contributed by atoms with Gasteiger partial charge in [0.15, 0.2) is 0 Å². The van der Waals surface area contributed by atoms with Crippen LogP contribution in [0.25, 0.3) is 0 Å². The van der Waals surface area contributed by atoms with Crippen LogP contribution in [-0.2, 0) is 14.9 Å². The highest BCUT2D eigenvalue weighted by atomic mass is 16.5. The summed E-state index contributed by atoms with van der Waals surface area (Å²) in [6.07, 6.45) is 1.23. The molecule has 1 aromatic rings. The molecule has 4 heteroatoms. The van der Waals surface area contributed by atoms with Crippen LogP contribution in [0.2, 0.25) is 0 Å². The highest BCUT2D eigenvalue weighted by molar-refractivity contribution is 6.02. The molecule has 2 aliphatic rings. The number of nitrogens with zero attached hydrogens (tertiary/aromatic N) is 1. The van der Waals surface area contributed by atoms with Crippen LogP contribution in [0.15, 0.2) is 24.3 Å². The summed E-state index contributed by atoms with van der Waals surface area (Å²) in [4.78, 5) is 14.8. The van der Waals surface area contributed by atoms with Crippen molar-refractivity contribution in [3.05, 3.63) is 29.8 Å². The minimum atomic E-state index is -0.715. The topological polar surface area (TPSA) is 55.6 Å². The number of hydrogen-bond acceptors (Lipinski definition) is 3. The van der Waals surface area contributed by atoms with E-state index in [4.69, 9.17) is 10.5 Å². The van der Waals surface area contributed by atoms with Crippen LogP contribution in [0.1, 0.15) is 32.3 Å². The number of carbonyl (C=O) groups excluding carboxylic acids is 1. The molecule has 4 nitrogen and oxygen atoms in total. The summed E-state index contributed by atoms with van der Waals surface area (Å²) in [7, 11) is 1.61. The van der Waals surface area contributed by atoms with Gasteiger partial charge in [0.2, 0.25) is 0 Å². The minimum absolute atomic E-state index is 0.0208. The second-order valence-electron chi connectivity index (χ2n) is 6.66. The molecule has 1 aromatic carbocycles. The molecule has 1 aliphatic carbocycles. The Balaban J connectivity index is 1.95. The van der Waals surface area contributed by atoms with Crippen molar-refractivity contribution in [1.82, 2.24) is 0 Å². The third kappa shape index (κ3) is 1.79. The third-order valence-corrected chi connectivity index (χ3v) is 4.69. The number of fused-ring (bicyclic) bond motifs is 1. The van der Waals surface area contributed by atoms with E-state index in [9.17, 15) is 4.79 Å². The number of hydrogen-bond donors (Lipinski definition) is 1. The van der Waals surface area contributed by atoms with Gasteiger partial charge in [-0.2, -0.15) is 0 Å². The van der Waals surface area contributed by atoms with Crippen molar-refractivity contribution in [2.45, 2.75) is 43.7 Å². The van der Waals surface area contributed by atoms with Crippen molar-refractivity contribution in [3.63, 3.8) is 0 Å². The van der Waals surface area contributed by atoms with E-state index in [1.54, 1.807) is 7.11 Å². The average molecular weight is 274 g/mol. The summed E-state index contributed by atoms with van der Waals surface area (Å²) in [5.41, 5.74) is 7.37. The second-order valence-corrected chi connectivity index (χ2v) is 6.66. The molecule has 0 unspecified atom stereocenters. The molecule has 108 valence electrons. The first-order chi connectivity index (χ1) is 9.39. The van der Waals surface area contributed by atoms with Gasteiger partial charge in [0.1, 0.15) is 5.60 Å². The molecule has 1 saturated carbocycles. The summed E-state index contributed by atoms with van der Waals surface area (Å²) < 4.78 is 5.53. The normalized spacial score (nSPS) is 30.8. The maximum atomic E-state index is 12.9. The number of para-hydroxylation sites is 1. The number of methoxy groups -OCH3 is 1. The van der Waals surface area contributed by atoms with E-state index in [0.717, 1.165) is 5.69 Å². The summed E-state index contributed by atoms with van der Waals surface area (Å²) in [5.74, 6) is 0.0553. The molecule has 3 rings (SSSR count). The van der Waals surface area contributed by atoms with Gasteiger partial charge in [-0.25, -0.2) is 0 Å². The molecule has 0 radical (unpaired) electrons. The van der Waals surface area contributed by atoms with Gasteiger partial charge in [-0.05, 0) is 11.6 Å². The fourth-order valence-corrected chi connectivity index (χ4v) is 3.49. The first kappa shape index (κ1) is 13.6. The van der Waals surface area contributed by atoms with Gasteiger partial charge in [0.25, 0.3) is 5.91 Å². The molecule has 1 amide bonds. The van der Waals surface area contributed by atoms with Crippen molar-refractivity contribution in [1.29, 1.82) is 0 Å². The van der Waals surface area contributed by atoms with Crippen LogP contribution in [0.3, 0.4) is 0 Å². The Morgan fingerprint density at radius 1 is 1.35 bits per heavy atom. The molecule has 1 fully saturated rings. The fourth-order valence-electron chi connectivity index (χ4n) is 3.49. The van der Waals surface area contributed by atoms with Crippen molar-refractivity contribution in [3.8, 4) is 0 Å². The number of ether oxygens (including phenoxy) is 1. The zero-order chi connectivity index (χ0) is 14.5. The van der Waals surface area contributed by atoms with Gasteiger partial charge in [0, 0.05) is 43.6 Å². The molecule has 0 atom stereocenters. The van der Waals surface area contributed by atoms with E-state index in [1.807, 2.05) is 23.1 Å². The van der Waals surface area contributed by atoms with Gasteiger partial charge in [-0.15, -0.1) is 0 Å². The number of rotatable bonds is 2. The van der Waals surface area contributed by atoms with Crippen LogP contribution in [-0.4, -0.2) is 31.2 Å². The van der Waals surface area contributed by atoms with Gasteiger partial charge < -0.3 is 15.4 Å². The summed E-state index contributed by atoms with van der Waals surface area (Å²) in [5, 5.41) is 0. The lowest BCUT2D eigenvalue weighted by atomic mass is 9.75. The molecular weight excluding hydrogens is 252 g/mol. The Hall–Kier alpha value is -1.39. The number of nitrogens with two attached hydrogens (primary N) is 1. The lowest BCUT2D eigenvalue weighted by Gasteiger charge is -2.45. The Labute approximate surface area is 119 Å². The predicted octanol–water partition coefficient (Wildman–Crippen LogP) is 1.82. The lowest BCUT2D eigenvalue weighted by molar-refractivity contribution is -0.153. The molecule has 0 aromatic heterocycles. The lowest BCUT2D eigenvalue weighted by Crippen LogP contribution is -2.62. The van der Waals surface area contributed by atoms with Gasteiger partial charge in [-0.1, -0.05) is 32.0 Å². The minimum Gasteiger partial charge on any atom is -0.368 e. The van der Waals surface area contributed by atoms with E-state index >= 15 is 0 Å². The Morgan fingerprint density at radius 2 is 2.00 bits per heavy atom. The maximum Gasteiger partial charge on any atom is 0.259 e. The van der Waals surface area contributed by atoms with Crippen molar-refractivity contribution >= 4 is 11.6 Å². The Kier molecular flexibility index (Phi) is 2.92. The van der Waals surface area contributed by atoms with Crippen LogP contribution in [0.4, 0.5) is 5.69 Å². The zero-order valence-corrected chi connectivity index (χ0v) is 12.3. The molecule has 1 aliphatic heterocycles. The Bertz CT molecular complexity index is 547. The Morgan fingerprint density at radius 3 is 2.60 bits per heavy atom. The van der Waals surface area contributed by atoms with Crippen LogP contribution >= 0.6 is 0 Å². The van der Waals surface area contributed by atoms with Crippen molar-refractivity contribution in [2.75, 3.05) is 18.6 Å². The molecular formula is C16H22N2O2. The summed E-state index contributed by atoms with van der Waals surface area (Å²) in [6.45, 7) is 5.04. The van der Waals surface area contributed by atoms with Gasteiger partial charge in [-0.3, -0.25) is 4.79 Å². The molecule has 0 spiro atoms. The number of benzene rings is 1. The zero-order valence-electron chi connectivity index (χ0n) is 12.3. The van der Waals surface area contributed by atoms with Crippen LogP contribution < -0.4 is 10.6 Å². The first-order valence-corrected chi connectivity index (χ1v) is 7.12. The van der Waals surface area contributed by atoms with E-state index in [2.05, 4.69) is 19.9 Å². The van der Waals surface area contributed by atoms with Crippen LogP contribution in [0.5, 0.6) is 0 Å². The van der Waals surface area contributed by atoms with Gasteiger partial charge >= 0.3 is 0 Å². The van der Waals surface area contributed by atoms with Gasteiger partial charge in [0.05, 0.1) is 0 Å². The highest BCUT2D eigenvalue weighted by Gasteiger charge is 2.53. The SMILES string of the molecule is COC1(C(=O)N2CC(C)(C)c3ccccc32)CC(N)C1. The molecule has 2 N–H and O–H groups in total. The van der Waals surface area contributed by atoms with E-state index in [-0.39, 0.29) is 17.4 Å². The largest absolute Gasteiger partial charge is 0.368 e. The van der Waals surface area contributed by atoms with Crippen molar-refractivity contribution in [2.24, 2.45) is 5.73 Å². The molecule has 20 heavy (non-hydrogen) atoms. The second kappa shape index (κ2) is 4.30. The first-order valence-electron chi connectivity index (χ1n) is 7.12. The third-order valence-electron chi connectivity index (χ3n) is 4.69. The monoisotopic (exact) mass is 274 g/mol.